The topological polar surface area (TPSA) is 25.9 Å². The molecule has 14 aromatic carbocycles. The second-order valence-corrected chi connectivity index (χ2v) is 28.0. The maximum Gasteiger partial charge on any atom is 0.252 e. The molecule has 8 nitrogen and oxygen atoms in total. The zero-order valence-electron chi connectivity index (χ0n) is 55.8. The molecule has 0 aromatic heterocycles. The number of nitrogens with zero attached hydrogens (tertiary/aromatic N) is 8. The summed E-state index contributed by atoms with van der Waals surface area (Å²) in [4.78, 5) is 20.2. The first-order chi connectivity index (χ1) is 49.4. The summed E-state index contributed by atoms with van der Waals surface area (Å²) in [7, 11) is 9.20. The molecule has 12 heteroatoms. The summed E-state index contributed by atoms with van der Waals surface area (Å²) >= 11 is 0. The van der Waals surface area contributed by atoms with Crippen molar-refractivity contribution in [3.63, 3.8) is 0 Å². The second kappa shape index (κ2) is 20.6. The Balaban J connectivity index is 0.720. The van der Waals surface area contributed by atoms with Gasteiger partial charge in [-0.3, -0.25) is 0 Å². The average molecular weight is 1270 g/mol. The lowest BCUT2D eigenvalue weighted by atomic mass is 9.30. The van der Waals surface area contributed by atoms with Gasteiger partial charge in [0.1, 0.15) is 0 Å². The molecule has 0 bridgehead atoms. The molecule has 0 saturated carbocycles. The highest BCUT2D eigenvalue weighted by atomic mass is 15.2. The van der Waals surface area contributed by atoms with E-state index in [1.165, 1.54) is 168 Å². The molecule has 0 N–H and O–H groups in total. The lowest BCUT2D eigenvalue weighted by Crippen LogP contribution is -2.66. The van der Waals surface area contributed by atoms with E-state index in [2.05, 4.69) is 371 Å². The van der Waals surface area contributed by atoms with E-state index in [0.29, 0.717) is 0 Å². The van der Waals surface area contributed by atoms with Crippen molar-refractivity contribution < 1.29 is 0 Å². The summed E-state index contributed by atoms with van der Waals surface area (Å²) in [5.41, 5.74) is 42.3. The molecule has 8 aliphatic heterocycles. The molecule has 0 radical (unpaired) electrons. The normalized spacial score (nSPS) is 14.6. The Morgan fingerprint density at radius 1 is 0.180 bits per heavy atom. The van der Waals surface area contributed by atoms with Crippen LogP contribution in [0.5, 0.6) is 0 Å². The number of fused-ring (bicyclic) bond motifs is 18. The van der Waals surface area contributed by atoms with Gasteiger partial charge in [0.2, 0.25) is 0 Å². The van der Waals surface area contributed by atoms with E-state index in [4.69, 9.17) is 0 Å². The summed E-state index contributed by atoms with van der Waals surface area (Å²) in [6.45, 7) is -0.120. The van der Waals surface area contributed by atoms with E-state index < -0.39 is 0 Å². The zero-order chi connectivity index (χ0) is 65.9. The fourth-order valence-corrected chi connectivity index (χ4v) is 19.4. The molecule has 22 rings (SSSR count). The Labute approximate surface area is 584 Å². The van der Waals surface area contributed by atoms with Crippen LogP contribution >= 0.6 is 0 Å². The first kappa shape index (κ1) is 55.8. The SMILES string of the molecule is CN1c2ccccc2B2c3ccccc3N(C)c3c2c1c1c2c3N(C)c3ccc(-c4cccc(N5c6ccccc6B6c7cc8c(cc7N(c7ccccc7)c7cccc5c76)N(c5ccccc5)c5cccc6c5B8c5ccccc5N6c5ccccc5)c4)cc3B2c2ccccc2N1C. The molecule has 0 spiro atoms. The molecule has 0 fully saturated rings. The van der Waals surface area contributed by atoms with E-state index in [0.717, 1.165) is 22.7 Å². The Kier molecular flexibility index (Phi) is 11.5. The fourth-order valence-electron chi connectivity index (χ4n) is 19.4. The standard InChI is InChI=1S/C88H62B4N8/c1-93-69-40-19-14-35-61(69)89-62-36-15-20-41-70(62)94(2)86-83(89)85(93)87-84-88(86)96(4)72-50-49-56(52-66(72)92(84)63-37-16-21-42-71(63)95(87)3)55-27-24-34-60(51-55)100-74-44-23-18-39-65(74)91-68-53-67-79(54-80(68)99(59-32-12-7-13-33-59)77-47-26-48-78(100)82(77)91)98(58-30-10-6-11-31-58)76-46-25-45-75-81(76)90(67)64-38-17-22-43-73(64)97(75)57-28-8-5-9-29-57/h5-54H,1-4H3. The van der Waals surface area contributed by atoms with Crippen molar-refractivity contribution in [2.24, 2.45) is 0 Å². The highest BCUT2D eigenvalue weighted by Gasteiger charge is 2.52. The molecule has 8 aliphatic rings. The van der Waals surface area contributed by atoms with Crippen LogP contribution in [0.15, 0.2) is 303 Å². The lowest BCUT2D eigenvalue weighted by Gasteiger charge is -2.50. The van der Waals surface area contributed by atoms with Gasteiger partial charge in [-0.2, -0.15) is 0 Å². The third-order valence-electron chi connectivity index (χ3n) is 23.3. The predicted octanol–water partition coefficient (Wildman–Crippen LogP) is 12.9. The second-order valence-electron chi connectivity index (χ2n) is 28.0. The number of hydrogen-bond acceptors (Lipinski definition) is 8. The predicted molar refractivity (Wildman–Crippen MR) is 427 cm³/mol. The largest absolute Gasteiger partial charge is 0.344 e. The van der Waals surface area contributed by atoms with Crippen LogP contribution in [-0.4, -0.2) is 55.0 Å². The van der Waals surface area contributed by atoms with Gasteiger partial charge in [-0.25, -0.2) is 0 Å². The van der Waals surface area contributed by atoms with Gasteiger partial charge in [-0.15, -0.1) is 0 Å². The number of benzene rings is 14. The Bertz CT molecular complexity index is 5790. The van der Waals surface area contributed by atoms with Crippen LogP contribution in [0.25, 0.3) is 11.1 Å². The van der Waals surface area contributed by atoms with Crippen molar-refractivity contribution in [3.8, 4) is 11.1 Å². The van der Waals surface area contributed by atoms with Crippen molar-refractivity contribution in [1.82, 2.24) is 0 Å². The van der Waals surface area contributed by atoms with Crippen molar-refractivity contribution in [2.45, 2.75) is 0 Å². The van der Waals surface area contributed by atoms with E-state index in [1.54, 1.807) is 0 Å². The molecular formula is C88H62B4N8. The monoisotopic (exact) mass is 1270 g/mol. The van der Waals surface area contributed by atoms with Crippen LogP contribution in [-0.2, 0) is 0 Å². The molecule has 100 heavy (non-hydrogen) atoms. The highest BCUT2D eigenvalue weighted by Crippen LogP contribution is 2.53. The Hall–Kier alpha value is -12.3. The maximum atomic E-state index is 2.63. The van der Waals surface area contributed by atoms with Crippen molar-refractivity contribution >= 4 is 206 Å². The fraction of sp³-hybridized carbons (Fsp3) is 0.0455. The minimum Gasteiger partial charge on any atom is -0.344 e. The van der Waals surface area contributed by atoms with E-state index >= 15 is 0 Å². The number of anilines is 20. The summed E-state index contributed by atoms with van der Waals surface area (Å²) in [6.07, 6.45) is 0. The van der Waals surface area contributed by atoms with Crippen LogP contribution < -0.4 is 105 Å². The molecular weight excluding hydrogens is 1210 g/mol. The van der Waals surface area contributed by atoms with Gasteiger partial charge in [0.25, 0.3) is 26.9 Å². The van der Waals surface area contributed by atoms with Crippen LogP contribution in [0.3, 0.4) is 0 Å². The van der Waals surface area contributed by atoms with E-state index in [-0.39, 0.29) is 26.9 Å². The van der Waals surface area contributed by atoms with Crippen molar-refractivity contribution in [2.75, 3.05) is 67.4 Å². The van der Waals surface area contributed by atoms with Crippen molar-refractivity contribution in [1.29, 1.82) is 0 Å². The van der Waals surface area contributed by atoms with Gasteiger partial charge >= 0.3 is 0 Å². The third-order valence-corrected chi connectivity index (χ3v) is 23.3. The van der Waals surface area contributed by atoms with Gasteiger partial charge in [0.05, 0.1) is 22.7 Å². The molecule has 0 atom stereocenters. The molecule has 14 aromatic rings. The summed E-state index contributed by atoms with van der Waals surface area (Å²) in [5.74, 6) is 0. The number of rotatable bonds is 5. The summed E-state index contributed by atoms with van der Waals surface area (Å²) < 4.78 is 0. The summed E-state index contributed by atoms with van der Waals surface area (Å²) in [6, 6.07) is 114. The van der Waals surface area contributed by atoms with Crippen LogP contribution in [0.4, 0.5) is 114 Å². The van der Waals surface area contributed by atoms with E-state index in [1.807, 2.05) is 0 Å². The number of hydrogen-bond donors (Lipinski definition) is 0. The molecule has 0 amide bonds. The van der Waals surface area contributed by atoms with E-state index in [9.17, 15) is 0 Å². The molecule has 466 valence electrons. The Morgan fingerprint density at radius 2 is 0.460 bits per heavy atom. The highest BCUT2D eigenvalue weighted by molar-refractivity contribution is 7.05. The zero-order valence-corrected chi connectivity index (χ0v) is 55.8. The maximum absolute atomic E-state index is 2.63. The smallest absolute Gasteiger partial charge is 0.252 e. The molecule has 0 unspecified atom stereocenters. The van der Waals surface area contributed by atoms with Gasteiger partial charge in [-0.05, 0) is 192 Å². The third kappa shape index (κ3) is 7.33. The van der Waals surface area contributed by atoms with Crippen molar-refractivity contribution in [3.05, 3.63) is 303 Å². The summed E-state index contributed by atoms with van der Waals surface area (Å²) in [5, 5.41) is 0. The quantitative estimate of drug-likeness (QED) is 0.157. The van der Waals surface area contributed by atoms with Gasteiger partial charge in [0.15, 0.2) is 0 Å². The minimum absolute atomic E-state index is 0.0410. The lowest BCUT2D eigenvalue weighted by molar-refractivity contribution is 1.12. The molecule has 8 heterocycles. The van der Waals surface area contributed by atoms with Crippen LogP contribution in [0.1, 0.15) is 0 Å². The molecule has 0 saturated heterocycles. The molecule has 0 aliphatic carbocycles. The Morgan fingerprint density at radius 3 is 0.880 bits per heavy atom. The van der Waals surface area contributed by atoms with Gasteiger partial charge < -0.3 is 39.2 Å². The minimum atomic E-state index is -0.0959. The van der Waals surface area contributed by atoms with Crippen LogP contribution in [0, 0.1) is 0 Å². The first-order valence-electron chi connectivity index (χ1n) is 35.0. The average Bonchev–Trinajstić information content (AvgIpc) is 0.676. The van der Waals surface area contributed by atoms with Crippen LogP contribution in [0.2, 0.25) is 0 Å². The van der Waals surface area contributed by atoms with Gasteiger partial charge in [0, 0.05) is 119 Å². The first-order valence-corrected chi connectivity index (χ1v) is 35.0. The number of para-hydroxylation sites is 8. The van der Waals surface area contributed by atoms with Gasteiger partial charge in [-0.1, -0.05) is 188 Å².